The normalized spacial score (nSPS) is 17.3. The van der Waals surface area contributed by atoms with Crippen LogP contribution in [0.5, 0.6) is 0 Å². The number of aryl methyl sites for hydroxylation is 1. The number of benzene rings is 2. The Morgan fingerprint density at radius 3 is 1.88 bits per heavy atom. The minimum Gasteiger partial charge on any atom is -0.380 e. The maximum absolute atomic E-state index is 12.9. The lowest BCUT2D eigenvalue weighted by atomic mass is 10.0. The second kappa shape index (κ2) is 7.91. The summed E-state index contributed by atoms with van der Waals surface area (Å²) in [6.45, 7) is 1.90. The van der Waals surface area contributed by atoms with Gasteiger partial charge in [-0.2, -0.15) is 5.10 Å². The predicted octanol–water partition coefficient (Wildman–Crippen LogP) is 2.56. The Hall–Kier alpha value is -3.45. The van der Waals surface area contributed by atoms with E-state index in [1.807, 2.05) is 42.1 Å². The van der Waals surface area contributed by atoms with Crippen molar-refractivity contribution in [2.45, 2.75) is 18.4 Å². The van der Waals surface area contributed by atoms with Crippen LogP contribution in [0.4, 0.5) is 0 Å². The number of hydrogen-bond acceptors (Lipinski definition) is 4. The molecule has 1 saturated carbocycles. The number of hydrogen-bond donors (Lipinski definition) is 1. The van der Waals surface area contributed by atoms with Crippen molar-refractivity contribution in [3.05, 3.63) is 66.4 Å². The molecule has 0 radical (unpaired) electrons. The molecule has 3 aromatic rings. The number of carbonyl (C=O) groups is 2. The number of nitrogens with zero attached hydrogens (tertiary/aromatic N) is 4. The van der Waals surface area contributed by atoms with Gasteiger partial charge in [0.15, 0.2) is 0 Å². The van der Waals surface area contributed by atoms with Gasteiger partial charge in [-0.15, -0.1) is 0 Å². The Bertz CT molecular complexity index is 1140. The van der Waals surface area contributed by atoms with E-state index in [4.69, 9.17) is 0 Å². The van der Waals surface area contributed by atoms with Crippen molar-refractivity contribution in [2.24, 2.45) is 7.05 Å². The fraction of sp³-hybridized carbons (Fsp3) is 0.320. The third-order valence-electron chi connectivity index (χ3n) is 6.44. The number of aromatic nitrogens is 2. The van der Waals surface area contributed by atoms with Gasteiger partial charge in [0.1, 0.15) is 5.60 Å². The lowest BCUT2D eigenvalue weighted by Gasteiger charge is -2.35. The molecule has 32 heavy (non-hydrogen) atoms. The van der Waals surface area contributed by atoms with E-state index in [0.717, 1.165) is 22.4 Å². The van der Waals surface area contributed by atoms with Gasteiger partial charge in [0.05, 0.1) is 5.69 Å². The highest BCUT2D eigenvalue weighted by Gasteiger charge is 2.50. The minimum absolute atomic E-state index is 0.0275. The first-order valence-corrected chi connectivity index (χ1v) is 10.9. The second-order valence-electron chi connectivity index (χ2n) is 8.61. The van der Waals surface area contributed by atoms with Crippen LogP contribution < -0.4 is 0 Å². The number of amides is 2. The van der Waals surface area contributed by atoms with Crippen molar-refractivity contribution >= 4 is 11.8 Å². The summed E-state index contributed by atoms with van der Waals surface area (Å²) in [6, 6.07) is 17.9. The van der Waals surface area contributed by atoms with Gasteiger partial charge in [-0.05, 0) is 47.7 Å². The van der Waals surface area contributed by atoms with Crippen LogP contribution in [0.3, 0.4) is 0 Å². The van der Waals surface area contributed by atoms with E-state index < -0.39 is 5.60 Å². The van der Waals surface area contributed by atoms with Crippen LogP contribution in [-0.4, -0.2) is 68.3 Å². The second-order valence-corrected chi connectivity index (χ2v) is 8.61. The quantitative estimate of drug-likeness (QED) is 0.690. The molecule has 0 spiro atoms. The molecule has 1 aromatic heterocycles. The number of carbonyl (C=O) groups excluding carboxylic acids is 2. The van der Waals surface area contributed by atoms with E-state index in [1.165, 1.54) is 0 Å². The molecule has 1 aliphatic carbocycles. The average molecular weight is 431 g/mol. The molecule has 2 aliphatic rings. The summed E-state index contributed by atoms with van der Waals surface area (Å²) in [7, 11) is 1.92. The first-order chi connectivity index (χ1) is 15.4. The Labute approximate surface area is 186 Å². The average Bonchev–Trinajstić information content (AvgIpc) is 3.45. The molecule has 2 amide bonds. The highest BCUT2D eigenvalue weighted by Crippen LogP contribution is 2.37. The van der Waals surface area contributed by atoms with E-state index in [-0.39, 0.29) is 11.8 Å². The molecule has 2 heterocycles. The maximum Gasteiger partial charge on any atom is 0.254 e. The summed E-state index contributed by atoms with van der Waals surface area (Å²) in [4.78, 5) is 28.6. The summed E-state index contributed by atoms with van der Waals surface area (Å²) in [5.74, 6) is -0.219. The third kappa shape index (κ3) is 3.80. The van der Waals surface area contributed by atoms with E-state index in [9.17, 15) is 14.7 Å². The molecule has 164 valence electrons. The monoisotopic (exact) mass is 430 g/mol. The lowest BCUT2D eigenvalue weighted by molar-refractivity contribution is -0.143. The van der Waals surface area contributed by atoms with E-state index in [0.29, 0.717) is 44.6 Å². The van der Waals surface area contributed by atoms with Gasteiger partial charge in [-0.1, -0.05) is 36.4 Å². The van der Waals surface area contributed by atoms with Crippen LogP contribution in [0.15, 0.2) is 60.8 Å². The number of rotatable bonds is 4. The Morgan fingerprint density at radius 1 is 0.812 bits per heavy atom. The van der Waals surface area contributed by atoms with Crippen LogP contribution in [-0.2, 0) is 11.8 Å². The summed E-state index contributed by atoms with van der Waals surface area (Å²) in [5, 5.41) is 14.2. The SMILES string of the molecule is Cn1nccc1-c1ccc(-c2ccc(C(=O)N3CCN(C(=O)C4(O)CC4)CC3)cc2)cc1. The topological polar surface area (TPSA) is 78.7 Å². The smallest absolute Gasteiger partial charge is 0.254 e. The van der Waals surface area contributed by atoms with Crippen molar-refractivity contribution in [1.29, 1.82) is 0 Å². The van der Waals surface area contributed by atoms with Gasteiger partial charge < -0.3 is 14.9 Å². The van der Waals surface area contributed by atoms with Crippen LogP contribution in [0.25, 0.3) is 22.4 Å². The van der Waals surface area contributed by atoms with Crippen molar-refractivity contribution in [2.75, 3.05) is 26.2 Å². The number of aliphatic hydroxyl groups is 1. The largest absolute Gasteiger partial charge is 0.380 e. The van der Waals surface area contributed by atoms with E-state index >= 15 is 0 Å². The van der Waals surface area contributed by atoms with Crippen LogP contribution in [0.1, 0.15) is 23.2 Å². The highest BCUT2D eigenvalue weighted by molar-refractivity contribution is 5.95. The summed E-state index contributed by atoms with van der Waals surface area (Å²) in [5.41, 5.74) is 3.79. The zero-order valence-corrected chi connectivity index (χ0v) is 18.1. The van der Waals surface area contributed by atoms with Crippen molar-refractivity contribution in [1.82, 2.24) is 19.6 Å². The molecule has 1 N–H and O–H groups in total. The fourth-order valence-electron chi connectivity index (χ4n) is 4.22. The molecule has 1 saturated heterocycles. The lowest BCUT2D eigenvalue weighted by Crippen LogP contribution is -2.53. The molecule has 1 aliphatic heterocycles. The predicted molar refractivity (Wildman–Crippen MR) is 121 cm³/mol. The first kappa shape index (κ1) is 20.5. The van der Waals surface area contributed by atoms with Crippen molar-refractivity contribution < 1.29 is 14.7 Å². The van der Waals surface area contributed by atoms with Gasteiger partial charge in [0, 0.05) is 45.0 Å². The molecule has 5 rings (SSSR count). The van der Waals surface area contributed by atoms with Gasteiger partial charge >= 0.3 is 0 Å². The van der Waals surface area contributed by atoms with Gasteiger partial charge in [-0.25, -0.2) is 0 Å². The molecular weight excluding hydrogens is 404 g/mol. The molecule has 7 nitrogen and oxygen atoms in total. The molecule has 0 atom stereocenters. The van der Waals surface area contributed by atoms with Crippen molar-refractivity contribution in [3.63, 3.8) is 0 Å². The van der Waals surface area contributed by atoms with Crippen LogP contribution >= 0.6 is 0 Å². The highest BCUT2D eigenvalue weighted by atomic mass is 16.3. The standard InChI is InChI=1S/C25H26N4O3/c1-27-22(10-13-26-27)20-6-2-18(3-7-20)19-4-8-21(9-5-19)23(30)28-14-16-29(17-15-28)24(31)25(32)11-12-25/h2-10,13,32H,11-12,14-17H2,1H3. The molecule has 0 unspecified atom stereocenters. The number of piperazine rings is 1. The summed E-state index contributed by atoms with van der Waals surface area (Å²) in [6.07, 6.45) is 2.87. The van der Waals surface area contributed by atoms with Crippen molar-refractivity contribution in [3.8, 4) is 22.4 Å². The van der Waals surface area contributed by atoms with E-state index in [2.05, 4.69) is 29.4 Å². The zero-order chi connectivity index (χ0) is 22.3. The zero-order valence-electron chi connectivity index (χ0n) is 18.1. The molecule has 0 bridgehead atoms. The minimum atomic E-state index is -1.14. The Balaban J connectivity index is 1.22. The van der Waals surface area contributed by atoms with E-state index in [1.54, 1.807) is 16.0 Å². The first-order valence-electron chi connectivity index (χ1n) is 10.9. The van der Waals surface area contributed by atoms with Gasteiger partial charge in [0.2, 0.25) is 0 Å². The summed E-state index contributed by atoms with van der Waals surface area (Å²) >= 11 is 0. The molecule has 2 aromatic carbocycles. The molecule has 2 fully saturated rings. The maximum atomic E-state index is 12.9. The summed E-state index contributed by atoms with van der Waals surface area (Å²) < 4.78 is 1.85. The van der Waals surface area contributed by atoms with Crippen LogP contribution in [0, 0.1) is 0 Å². The fourth-order valence-corrected chi connectivity index (χ4v) is 4.22. The Kier molecular flexibility index (Phi) is 5.06. The van der Waals surface area contributed by atoms with Gasteiger partial charge in [0.25, 0.3) is 11.8 Å². The molecular formula is C25H26N4O3. The van der Waals surface area contributed by atoms with Gasteiger partial charge in [-0.3, -0.25) is 14.3 Å². The Morgan fingerprint density at radius 2 is 1.34 bits per heavy atom. The van der Waals surface area contributed by atoms with Crippen LogP contribution in [0.2, 0.25) is 0 Å². The molecule has 7 heteroatoms. The third-order valence-corrected chi connectivity index (χ3v) is 6.44.